The third-order valence-corrected chi connectivity index (χ3v) is 2.31. The lowest BCUT2D eigenvalue weighted by atomic mass is 10.3. The molecule has 0 radical (unpaired) electrons. The van der Waals surface area contributed by atoms with Gasteiger partial charge in [0.15, 0.2) is 0 Å². The Kier molecular flexibility index (Phi) is 4.57. The fourth-order valence-electron chi connectivity index (χ4n) is 1.47. The second-order valence-electron chi connectivity index (χ2n) is 3.70. The fraction of sp³-hybridized carbons (Fsp3) is 0. The summed E-state index contributed by atoms with van der Waals surface area (Å²) < 4.78 is 9.74. The zero-order valence-corrected chi connectivity index (χ0v) is 11.0. The monoisotopic (exact) mass is 291 g/mol. The molecule has 0 heterocycles. The van der Waals surface area contributed by atoms with E-state index in [1.54, 1.807) is 36.4 Å². The van der Waals surface area contributed by atoms with Gasteiger partial charge in [-0.05, 0) is 24.3 Å². The van der Waals surface area contributed by atoms with Crippen molar-refractivity contribution in [1.29, 1.82) is 0 Å². The summed E-state index contributed by atoms with van der Waals surface area (Å²) in [5.74, 6) is 0.649. The quantitative estimate of drug-likeness (QED) is 0.867. The summed E-state index contributed by atoms with van der Waals surface area (Å²) in [6, 6.07) is 14.9. The molecular formula is C14H10ClNO4. The zero-order valence-electron chi connectivity index (χ0n) is 10.2. The van der Waals surface area contributed by atoms with Crippen LogP contribution in [0.3, 0.4) is 0 Å². The minimum Gasteiger partial charge on any atom is -0.414 e. The minimum atomic E-state index is -0.950. The predicted octanol–water partition coefficient (Wildman–Crippen LogP) is 4.04. The van der Waals surface area contributed by atoms with Crippen molar-refractivity contribution in [1.82, 2.24) is 0 Å². The van der Waals surface area contributed by atoms with Crippen LogP contribution in [0.2, 0.25) is 0 Å². The molecule has 0 bridgehead atoms. The number of amides is 1. The Labute approximate surface area is 120 Å². The summed E-state index contributed by atoms with van der Waals surface area (Å²) >= 11 is 5.10. The van der Waals surface area contributed by atoms with Gasteiger partial charge in [-0.15, -0.1) is 0 Å². The van der Waals surface area contributed by atoms with Gasteiger partial charge >= 0.3 is 11.5 Å². The lowest BCUT2D eigenvalue weighted by Crippen LogP contribution is -2.16. The van der Waals surface area contributed by atoms with Crippen LogP contribution in [0.4, 0.5) is 15.3 Å². The molecule has 0 aliphatic rings. The number of anilines is 1. The highest BCUT2D eigenvalue weighted by Gasteiger charge is 2.06. The molecule has 2 rings (SSSR count). The highest BCUT2D eigenvalue weighted by Crippen LogP contribution is 2.19. The largest absolute Gasteiger partial charge is 0.417 e. The summed E-state index contributed by atoms with van der Waals surface area (Å²) in [5, 5.41) is 2.51. The van der Waals surface area contributed by atoms with Crippen LogP contribution in [0, 0.1) is 0 Å². The Morgan fingerprint density at radius 3 is 2.30 bits per heavy atom. The van der Waals surface area contributed by atoms with Crippen molar-refractivity contribution in [2.45, 2.75) is 0 Å². The molecule has 2 aromatic carbocycles. The number of benzene rings is 2. The Balaban J connectivity index is 1.99. The Hall–Kier alpha value is -2.53. The molecule has 0 atom stereocenters. The van der Waals surface area contributed by atoms with Gasteiger partial charge in [0.2, 0.25) is 0 Å². The van der Waals surface area contributed by atoms with Crippen LogP contribution in [0.25, 0.3) is 0 Å². The van der Waals surface area contributed by atoms with E-state index in [1.165, 1.54) is 12.1 Å². The molecule has 0 aromatic heterocycles. The maximum atomic E-state index is 11.6. The van der Waals surface area contributed by atoms with Crippen molar-refractivity contribution in [3.05, 3.63) is 54.6 Å². The van der Waals surface area contributed by atoms with Gasteiger partial charge in [-0.1, -0.05) is 24.3 Å². The van der Waals surface area contributed by atoms with Crippen molar-refractivity contribution in [2.24, 2.45) is 0 Å². The van der Waals surface area contributed by atoms with Gasteiger partial charge in [-0.25, -0.2) is 9.59 Å². The third-order valence-electron chi connectivity index (χ3n) is 2.23. The summed E-state index contributed by atoms with van der Waals surface area (Å²) in [7, 11) is 0. The van der Waals surface area contributed by atoms with E-state index in [-0.39, 0.29) is 5.75 Å². The van der Waals surface area contributed by atoms with Gasteiger partial charge in [0.25, 0.3) is 0 Å². The summed E-state index contributed by atoms with van der Waals surface area (Å²) in [5.41, 5.74) is -0.532. The fourth-order valence-corrected chi connectivity index (χ4v) is 1.56. The number of rotatable bonds is 3. The second-order valence-corrected chi connectivity index (χ2v) is 4.00. The van der Waals surface area contributed by atoms with Gasteiger partial charge in [0.1, 0.15) is 11.5 Å². The standard InChI is InChI=1S/C14H10ClNO4/c15-13(17)19-12-8-4-5-10(9-12)16-14(18)20-11-6-2-1-3-7-11/h1-9H,(H,16,18). The van der Waals surface area contributed by atoms with Crippen molar-refractivity contribution in [3.8, 4) is 11.5 Å². The van der Waals surface area contributed by atoms with E-state index in [4.69, 9.17) is 16.3 Å². The van der Waals surface area contributed by atoms with E-state index in [2.05, 4.69) is 10.1 Å². The van der Waals surface area contributed by atoms with Crippen LogP contribution < -0.4 is 14.8 Å². The van der Waals surface area contributed by atoms with Crippen LogP contribution in [-0.4, -0.2) is 11.5 Å². The van der Waals surface area contributed by atoms with Crippen LogP contribution in [0.15, 0.2) is 54.6 Å². The molecule has 0 saturated heterocycles. The van der Waals surface area contributed by atoms with Crippen LogP contribution in [-0.2, 0) is 0 Å². The molecule has 20 heavy (non-hydrogen) atoms. The SMILES string of the molecule is O=C(Cl)Oc1cccc(NC(=O)Oc2ccccc2)c1. The maximum Gasteiger partial charge on any atom is 0.417 e. The summed E-state index contributed by atoms with van der Waals surface area (Å²) in [6.45, 7) is 0. The Morgan fingerprint density at radius 1 is 0.900 bits per heavy atom. The number of nitrogens with one attached hydrogen (secondary N) is 1. The van der Waals surface area contributed by atoms with E-state index in [9.17, 15) is 9.59 Å². The Morgan fingerprint density at radius 2 is 1.60 bits per heavy atom. The number of hydrogen-bond donors (Lipinski definition) is 1. The topological polar surface area (TPSA) is 64.6 Å². The average Bonchev–Trinajstić information content (AvgIpc) is 2.39. The molecule has 102 valence electrons. The zero-order chi connectivity index (χ0) is 14.4. The molecule has 0 spiro atoms. The van der Waals surface area contributed by atoms with Crippen LogP contribution in [0.5, 0.6) is 11.5 Å². The molecule has 2 aromatic rings. The first-order valence-electron chi connectivity index (χ1n) is 5.65. The van der Waals surface area contributed by atoms with Crippen molar-refractivity contribution in [3.63, 3.8) is 0 Å². The van der Waals surface area contributed by atoms with E-state index in [1.807, 2.05) is 6.07 Å². The van der Waals surface area contributed by atoms with E-state index in [0.29, 0.717) is 11.4 Å². The maximum absolute atomic E-state index is 11.6. The first-order chi connectivity index (χ1) is 9.63. The number of carbonyl (C=O) groups excluding carboxylic acids is 2. The molecule has 1 amide bonds. The lowest BCUT2D eigenvalue weighted by molar-refractivity contribution is 0.215. The number of carbonyl (C=O) groups is 2. The molecule has 0 aliphatic carbocycles. The molecule has 6 heteroatoms. The predicted molar refractivity (Wildman–Crippen MR) is 74.4 cm³/mol. The molecular weight excluding hydrogens is 282 g/mol. The summed E-state index contributed by atoms with van der Waals surface area (Å²) in [6.07, 6.45) is -0.648. The molecule has 5 nitrogen and oxygen atoms in total. The molecule has 0 saturated carbocycles. The van der Waals surface area contributed by atoms with Gasteiger partial charge in [0, 0.05) is 23.4 Å². The van der Waals surface area contributed by atoms with Gasteiger partial charge < -0.3 is 9.47 Å². The van der Waals surface area contributed by atoms with Gasteiger partial charge in [-0.3, -0.25) is 5.32 Å². The van der Waals surface area contributed by atoms with E-state index < -0.39 is 11.5 Å². The third kappa shape index (κ3) is 4.29. The second kappa shape index (κ2) is 6.58. The number of ether oxygens (including phenoxy) is 2. The first-order valence-corrected chi connectivity index (χ1v) is 6.02. The molecule has 1 N–H and O–H groups in total. The molecule has 0 aliphatic heterocycles. The first kappa shape index (κ1) is 13.9. The highest BCUT2D eigenvalue weighted by atomic mass is 35.5. The van der Waals surface area contributed by atoms with Crippen LogP contribution >= 0.6 is 11.6 Å². The smallest absolute Gasteiger partial charge is 0.414 e. The Bertz CT molecular complexity index is 616. The number of hydrogen-bond acceptors (Lipinski definition) is 4. The van der Waals surface area contributed by atoms with E-state index in [0.717, 1.165) is 0 Å². The average molecular weight is 292 g/mol. The number of para-hydroxylation sites is 1. The van der Waals surface area contributed by atoms with Gasteiger partial charge in [0.05, 0.1) is 0 Å². The molecule has 0 unspecified atom stereocenters. The lowest BCUT2D eigenvalue weighted by Gasteiger charge is -2.07. The highest BCUT2D eigenvalue weighted by molar-refractivity contribution is 6.61. The number of halogens is 1. The van der Waals surface area contributed by atoms with Gasteiger partial charge in [-0.2, -0.15) is 0 Å². The van der Waals surface area contributed by atoms with Crippen molar-refractivity contribution >= 4 is 28.8 Å². The minimum absolute atomic E-state index is 0.225. The van der Waals surface area contributed by atoms with Crippen molar-refractivity contribution < 1.29 is 19.1 Å². The van der Waals surface area contributed by atoms with Crippen LogP contribution in [0.1, 0.15) is 0 Å². The van der Waals surface area contributed by atoms with Crippen molar-refractivity contribution in [2.75, 3.05) is 5.32 Å². The van der Waals surface area contributed by atoms with E-state index >= 15 is 0 Å². The normalized spacial score (nSPS) is 9.65. The molecule has 0 fully saturated rings. The summed E-state index contributed by atoms with van der Waals surface area (Å²) in [4.78, 5) is 22.3.